The lowest BCUT2D eigenvalue weighted by atomic mass is 10.2. The van der Waals surface area contributed by atoms with Crippen LogP contribution in [0.25, 0.3) is 0 Å². The van der Waals surface area contributed by atoms with Crippen LogP contribution in [0.2, 0.25) is 5.02 Å². The third-order valence-electron chi connectivity index (χ3n) is 2.29. The third kappa shape index (κ3) is 5.75. The van der Waals surface area contributed by atoms with Crippen LogP contribution in [0.4, 0.5) is 0 Å². The molecule has 0 unspecified atom stereocenters. The number of amides is 1. The van der Waals surface area contributed by atoms with Crippen molar-refractivity contribution in [3.63, 3.8) is 0 Å². The lowest BCUT2D eigenvalue weighted by molar-refractivity contribution is -0.150. The van der Waals surface area contributed by atoms with Gasteiger partial charge >= 0.3 is 5.97 Å². The van der Waals surface area contributed by atoms with E-state index in [2.05, 4.69) is 11.9 Å². The van der Waals surface area contributed by atoms with Gasteiger partial charge in [0.05, 0.1) is 0 Å². The zero-order valence-corrected chi connectivity index (χ0v) is 11.9. The number of benzene rings is 1. The minimum atomic E-state index is -0.617. The smallest absolute Gasteiger partial charge is 0.344 e. The maximum atomic E-state index is 11.4. The summed E-state index contributed by atoms with van der Waals surface area (Å²) < 4.78 is 10.0. The van der Waals surface area contributed by atoms with E-state index in [1.165, 1.54) is 6.08 Å². The molecule has 108 valence electrons. The Morgan fingerprint density at radius 3 is 2.80 bits per heavy atom. The monoisotopic (exact) mass is 297 g/mol. The van der Waals surface area contributed by atoms with Crippen LogP contribution in [0.3, 0.4) is 0 Å². The van der Waals surface area contributed by atoms with E-state index in [4.69, 9.17) is 21.1 Å². The Kier molecular flexibility index (Phi) is 6.59. The molecule has 0 aliphatic carbocycles. The molecule has 0 spiro atoms. The van der Waals surface area contributed by atoms with Gasteiger partial charge in [-0.2, -0.15) is 0 Å². The molecule has 0 radical (unpaired) electrons. The summed E-state index contributed by atoms with van der Waals surface area (Å²) in [6, 6.07) is 5.06. The molecule has 0 aliphatic heterocycles. The van der Waals surface area contributed by atoms with Crippen molar-refractivity contribution in [1.82, 2.24) is 5.32 Å². The number of ether oxygens (including phenoxy) is 2. The second-order valence-electron chi connectivity index (χ2n) is 3.95. The van der Waals surface area contributed by atoms with Crippen molar-refractivity contribution in [3.05, 3.63) is 41.4 Å². The van der Waals surface area contributed by atoms with Crippen molar-refractivity contribution >= 4 is 23.5 Å². The average Bonchev–Trinajstić information content (AvgIpc) is 2.41. The van der Waals surface area contributed by atoms with E-state index >= 15 is 0 Å². The van der Waals surface area contributed by atoms with Gasteiger partial charge in [0.1, 0.15) is 5.75 Å². The summed E-state index contributed by atoms with van der Waals surface area (Å²) in [5.41, 5.74) is 0.814. The van der Waals surface area contributed by atoms with Gasteiger partial charge < -0.3 is 14.8 Å². The number of esters is 1. The molecule has 1 amide bonds. The van der Waals surface area contributed by atoms with Crippen LogP contribution in [-0.2, 0) is 14.3 Å². The molecule has 0 saturated heterocycles. The van der Waals surface area contributed by atoms with Crippen LogP contribution in [-0.4, -0.2) is 31.6 Å². The minimum Gasteiger partial charge on any atom is -0.482 e. The van der Waals surface area contributed by atoms with Gasteiger partial charge in [0.15, 0.2) is 13.2 Å². The van der Waals surface area contributed by atoms with Gasteiger partial charge in [-0.3, -0.25) is 4.79 Å². The Morgan fingerprint density at radius 2 is 2.15 bits per heavy atom. The number of hydrogen-bond acceptors (Lipinski definition) is 4. The van der Waals surface area contributed by atoms with E-state index in [0.29, 0.717) is 17.3 Å². The maximum absolute atomic E-state index is 11.4. The first-order valence-corrected chi connectivity index (χ1v) is 6.33. The van der Waals surface area contributed by atoms with Crippen LogP contribution < -0.4 is 10.1 Å². The van der Waals surface area contributed by atoms with E-state index < -0.39 is 5.97 Å². The van der Waals surface area contributed by atoms with Crippen LogP contribution in [0.5, 0.6) is 5.75 Å². The van der Waals surface area contributed by atoms with Crippen LogP contribution >= 0.6 is 11.6 Å². The lowest BCUT2D eigenvalue weighted by Gasteiger charge is -2.09. The molecule has 0 heterocycles. The molecule has 6 heteroatoms. The van der Waals surface area contributed by atoms with Crippen molar-refractivity contribution in [3.8, 4) is 5.75 Å². The van der Waals surface area contributed by atoms with Crippen LogP contribution in [0.15, 0.2) is 30.9 Å². The summed E-state index contributed by atoms with van der Waals surface area (Å²) in [4.78, 5) is 22.6. The molecule has 1 aromatic rings. The van der Waals surface area contributed by atoms with Gasteiger partial charge in [-0.25, -0.2) is 4.79 Å². The zero-order valence-electron chi connectivity index (χ0n) is 11.1. The first kappa shape index (κ1) is 16.0. The highest BCUT2D eigenvalue weighted by molar-refractivity contribution is 6.30. The van der Waals surface area contributed by atoms with Gasteiger partial charge in [0.25, 0.3) is 5.91 Å². The number of carbonyl (C=O) groups excluding carboxylic acids is 2. The molecule has 0 aromatic heterocycles. The van der Waals surface area contributed by atoms with Crippen LogP contribution in [0.1, 0.15) is 5.56 Å². The number of halogens is 1. The van der Waals surface area contributed by atoms with E-state index in [9.17, 15) is 9.59 Å². The summed E-state index contributed by atoms with van der Waals surface area (Å²) in [7, 11) is 0. The maximum Gasteiger partial charge on any atom is 0.344 e. The average molecular weight is 298 g/mol. The molecular formula is C14H16ClNO4. The summed E-state index contributed by atoms with van der Waals surface area (Å²) >= 11 is 5.81. The summed E-state index contributed by atoms with van der Waals surface area (Å²) in [5.74, 6) is -0.462. The highest BCUT2D eigenvalue weighted by Gasteiger charge is 2.09. The second-order valence-corrected chi connectivity index (χ2v) is 4.39. The number of aryl methyl sites for hydroxylation is 1. The van der Waals surface area contributed by atoms with Crippen molar-refractivity contribution < 1.29 is 19.1 Å². The number of carbonyl (C=O) groups is 2. The normalized spacial score (nSPS) is 9.70. The standard InChI is InChI=1S/C14H16ClNO4/c1-3-6-16-13(17)8-20-14(18)9-19-12-5-4-11(15)7-10(12)2/h3-5,7H,1,6,8-9H2,2H3,(H,16,17). The Morgan fingerprint density at radius 1 is 1.40 bits per heavy atom. The molecule has 20 heavy (non-hydrogen) atoms. The zero-order chi connectivity index (χ0) is 15.0. The molecule has 1 aromatic carbocycles. The molecule has 5 nitrogen and oxygen atoms in total. The molecule has 0 aliphatic rings. The molecule has 0 saturated carbocycles. The van der Waals surface area contributed by atoms with Gasteiger partial charge in [0.2, 0.25) is 0 Å². The van der Waals surface area contributed by atoms with Gasteiger partial charge in [0, 0.05) is 11.6 Å². The Bertz CT molecular complexity index is 502. The Hall–Kier alpha value is -2.01. The van der Waals surface area contributed by atoms with Crippen molar-refractivity contribution in [1.29, 1.82) is 0 Å². The Labute approximate surface area is 122 Å². The predicted octanol–water partition coefficient (Wildman–Crippen LogP) is 1.87. The highest BCUT2D eigenvalue weighted by atomic mass is 35.5. The number of rotatable bonds is 7. The van der Waals surface area contributed by atoms with Gasteiger partial charge in [-0.15, -0.1) is 6.58 Å². The first-order chi connectivity index (χ1) is 9.52. The molecule has 1 rings (SSSR count). The topological polar surface area (TPSA) is 64.6 Å². The fourth-order valence-corrected chi connectivity index (χ4v) is 1.56. The van der Waals surface area contributed by atoms with Crippen molar-refractivity contribution in [2.45, 2.75) is 6.92 Å². The Balaban J connectivity index is 2.32. The van der Waals surface area contributed by atoms with E-state index in [-0.39, 0.29) is 19.1 Å². The van der Waals surface area contributed by atoms with Crippen LogP contribution in [0, 0.1) is 6.92 Å². The number of hydrogen-bond donors (Lipinski definition) is 1. The van der Waals surface area contributed by atoms with E-state index in [1.54, 1.807) is 18.2 Å². The van der Waals surface area contributed by atoms with Crippen molar-refractivity contribution in [2.24, 2.45) is 0 Å². The molecule has 1 N–H and O–H groups in total. The third-order valence-corrected chi connectivity index (χ3v) is 2.53. The summed E-state index contributed by atoms with van der Waals surface area (Å²) in [6.45, 7) is 4.99. The lowest BCUT2D eigenvalue weighted by Crippen LogP contribution is -2.29. The molecule has 0 bridgehead atoms. The highest BCUT2D eigenvalue weighted by Crippen LogP contribution is 2.21. The number of nitrogens with one attached hydrogen (secondary N) is 1. The fourth-order valence-electron chi connectivity index (χ4n) is 1.34. The van der Waals surface area contributed by atoms with E-state index in [0.717, 1.165) is 5.56 Å². The molecular weight excluding hydrogens is 282 g/mol. The second kappa shape index (κ2) is 8.22. The predicted molar refractivity (Wildman–Crippen MR) is 75.8 cm³/mol. The molecule has 0 atom stereocenters. The minimum absolute atomic E-state index is 0.267. The van der Waals surface area contributed by atoms with E-state index in [1.807, 2.05) is 6.92 Å². The summed E-state index contributed by atoms with van der Waals surface area (Å²) in [6.07, 6.45) is 1.53. The first-order valence-electron chi connectivity index (χ1n) is 5.95. The van der Waals surface area contributed by atoms with Gasteiger partial charge in [-0.1, -0.05) is 17.7 Å². The largest absolute Gasteiger partial charge is 0.482 e. The SMILES string of the molecule is C=CCNC(=O)COC(=O)COc1ccc(Cl)cc1C. The fraction of sp³-hybridized carbons (Fsp3) is 0.286. The van der Waals surface area contributed by atoms with Crippen molar-refractivity contribution in [2.75, 3.05) is 19.8 Å². The summed E-state index contributed by atoms with van der Waals surface area (Å²) in [5, 5.41) is 3.08. The van der Waals surface area contributed by atoms with Gasteiger partial charge in [-0.05, 0) is 30.7 Å². The quantitative estimate of drug-likeness (QED) is 0.616. The molecule has 0 fully saturated rings.